The summed E-state index contributed by atoms with van der Waals surface area (Å²) in [6, 6.07) is 12.5. The van der Waals surface area contributed by atoms with Gasteiger partial charge in [0.05, 0.1) is 17.1 Å². The van der Waals surface area contributed by atoms with Crippen molar-refractivity contribution in [2.24, 2.45) is 0 Å². The first-order valence-corrected chi connectivity index (χ1v) is 15.1. The van der Waals surface area contributed by atoms with Crippen LogP contribution in [0.2, 0.25) is 18.1 Å². The van der Waals surface area contributed by atoms with Crippen molar-refractivity contribution in [1.29, 1.82) is 0 Å². The molecule has 7 nitrogen and oxygen atoms in total. The Balaban J connectivity index is 1.93. The molecule has 0 unspecified atom stereocenters. The maximum atomic E-state index is 12.4. The number of carbonyl (C=O) groups is 1. The lowest BCUT2D eigenvalue weighted by Gasteiger charge is -2.36. The summed E-state index contributed by atoms with van der Waals surface area (Å²) in [6.07, 6.45) is 0.723. The number of hydrogen-bond donors (Lipinski definition) is 0. The molecule has 9 heteroatoms. The van der Waals surface area contributed by atoms with Crippen LogP contribution in [0.15, 0.2) is 53.4 Å². The molecule has 0 bridgehead atoms. The van der Waals surface area contributed by atoms with E-state index in [9.17, 15) is 13.2 Å². The second kappa shape index (κ2) is 10.2. The van der Waals surface area contributed by atoms with Crippen LogP contribution in [0.1, 0.15) is 38.1 Å². The molecule has 0 saturated carbocycles. The molecule has 2 aromatic rings. The van der Waals surface area contributed by atoms with Gasteiger partial charge < -0.3 is 9.16 Å². The largest absolute Gasteiger partial charge is 0.457 e. The summed E-state index contributed by atoms with van der Waals surface area (Å²) in [5, 5.41) is 0.0783. The third-order valence-corrected chi connectivity index (χ3v) is 11.0. The average Bonchev–Trinajstić information content (AvgIpc) is 2.69. The number of sulfone groups is 1. The zero-order valence-corrected chi connectivity index (χ0v) is 21.5. The lowest BCUT2D eigenvalue weighted by Crippen LogP contribution is -2.42. The Labute approximate surface area is 191 Å². The summed E-state index contributed by atoms with van der Waals surface area (Å²) in [4.78, 5) is 22.8. The van der Waals surface area contributed by atoms with Gasteiger partial charge in [0, 0.05) is 6.26 Å². The molecule has 0 radical (unpaired) electrons. The van der Waals surface area contributed by atoms with E-state index in [2.05, 4.69) is 33.9 Å². The van der Waals surface area contributed by atoms with E-state index in [4.69, 9.17) is 18.9 Å². The average molecular weight is 481 g/mol. The standard InChI is InChI=1S/C23H32O7SSi/c1-17(16-27-32(6,7)23(2,3)4)29-30-22(24)18-9-8-10-20(15-18)28-19-11-13-21(14-12-19)31(5,25)26/h8-15,17H,16H2,1-7H3/t17-/m0/s1. The number of benzene rings is 2. The summed E-state index contributed by atoms with van der Waals surface area (Å²) in [5.74, 6) is 0.193. The third kappa shape index (κ3) is 7.44. The van der Waals surface area contributed by atoms with Gasteiger partial charge in [0.2, 0.25) is 0 Å². The van der Waals surface area contributed by atoms with Crippen LogP contribution in [0.5, 0.6) is 11.5 Å². The first-order valence-electron chi connectivity index (χ1n) is 10.3. The second-order valence-corrected chi connectivity index (χ2v) is 16.0. The Morgan fingerprint density at radius 3 is 2.22 bits per heavy atom. The molecule has 2 aromatic carbocycles. The van der Waals surface area contributed by atoms with Crippen molar-refractivity contribution in [1.82, 2.24) is 0 Å². The van der Waals surface area contributed by atoms with Gasteiger partial charge in [-0.15, -0.1) is 0 Å². The first-order chi connectivity index (χ1) is 14.7. The molecule has 0 heterocycles. The van der Waals surface area contributed by atoms with Crippen LogP contribution in [0.25, 0.3) is 0 Å². The third-order valence-electron chi connectivity index (χ3n) is 5.33. The molecular weight excluding hydrogens is 448 g/mol. The Morgan fingerprint density at radius 1 is 1.03 bits per heavy atom. The van der Waals surface area contributed by atoms with Crippen LogP contribution < -0.4 is 4.74 Å². The minimum Gasteiger partial charge on any atom is -0.457 e. The Bertz CT molecular complexity index is 1030. The molecule has 0 spiro atoms. The van der Waals surface area contributed by atoms with Crippen molar-refractivity contribution in [3.05, 3.63) is 54.1 Å². The molecule has 0 aliphatic rings. The van der Waals surface area contributed by atoms with Crippen LogP contribution in [0.3, 0.4) is 0 Å². The van der Waals surface area contributed by atoms with Crippen LogP contribution in [-0.2, 0) is 24.0 Å². The van der Waals surface area contributed by atoms with Gasteiger partial charge in [-0.3, -0.25) is 4.89 Å². The van der Waals surface area contributed by atoms with Crippen LogP contribution in [-0.4, -0.2) is 41.7 Å². The van der Waals surface area contributed by atoms with Crippen molar-refractivity contribution in [2.45, 2.75) is 56.8 Å². The number of hydrogen-bond acceptors (Lipinski definition) is 7. The highest BCUT2D eigenvalue weighted by atomic mass is 32.2. The van der Waals surface area contributed by atoms with Gasteiger partial charge in [0.1, 0.15) is 17.6 Å². The Hall–Kier alpha value is -2.20. The molecule has 0 saturated heterocycles. The smallest absolute Gasteiger partial charge is 0.373 e. The van der Waals surface area contributed by atoms with Crippen LogP contribution in [0, 0.1) is 0 Å². The molecule has 0 N–H and O–H groups in total. The van der Waals surface area contributed by atoms with Gasteiger partial charge in [0.15, 0.2) is 18.2 Å². The predicted octanol–water partition coefficient (Wildman–Crippen LogP) is 5.38. The van der Waals surface area contributed by atoms with E-state index >= 15 is 0 Å². The molecule has 0 aliphatic carbocycles. The van der Waals surface area contributed by atoms with E-state index in [-0.39, 0.29) is 15.5 Å². The minimum absolute atomic E-state index is 0.0783. The highest BCUT2D eigenvalue weighted by Crippen LogP contribution is 2.36. The van der Waals surface area contributed by atoms with E-state index in [1.807, 2.05) is 0 Å². The highest BCUT2D eigenvalue weighted by Gasteiger charge is 2.37. The zero-order chi connectivity index (χ0) is 24.2. The molecule has 0 aliphatic heterocycles. The summed E-state index contributed by atoms with van der Waals surface area (Å²) in [6.45, 7) is 12.9. The molecule has 0 fully saturated rings. The Morgan fingerprint density at radius 2 is 1.66 bits per heavy atom. The molecule has 2 rings (SSSR count). The second-order valence-electron chi connectivity index (χ2n) is 9.22. The summed E-state index contributed by atoms with van der Waals surface area (Å²) >= 11 is 0. The Kier molecular flexibility index (Phi) is 8.27. The molecule has 0 aromatic heterocycles. The van der Waals surface area contributed by atoms with Gasteiger partial charge in [-0.2, -0.15) is 4.89 Å². The SMILES string of the molecule is C[C@@H](CO[Si](C)(C)C(C)(C)C)OOC(=O)c1cccc(Oc2ccc(S(C)(=O)=O)cc2)c1. The summed E-state index contributed by atoms with van der Waals surface area (Å²) in [5.41, 5.74) is 0.257. The molecule has 1 atom stereocenters. The van der Waals surface area contributed by atoms with Crippen molar-refractivity contribution in [2.75, 3.05) is 12.9 Å². The molecule has 176 valence electrons. The first kappa shape index (κ1) is 26.1. The quantitative estimate of drug-likeness (QED) is 0.270. The van der Waals surface area contributed by atoms with E-state index in [1.54, 1.807) is 37.3 Å². The fourth-order valence-corrected chi connectivity index (χ4v) is 4.04. The van der Waals surface area contributed by atoms with Gasteiger partial charge in [-0.25, -0.2) is 13.2 Å². The number of rotatable bonds is 9. The van der Waals surface area contributed by atoms with Crippen LogP contribution >= 0.6 is 0 Å². The van der Waals surface area contributed by atoms with Gasteiger partial charge >= 0.3 is 5.97 Å². The summed E-state index contributed by atoms with van der Waals surface area (Å²) < 4.78 is 34.9. The maximum absolute atomic E-state index is 12.4. The maximum Gasteiger partial charge on any atom is 0.373 e. The van der Waals surface area contributed by atoms with Crippen molar-refractivity contribution < 1.29 is 32.2 Å². The fourth-order valence-electron chi connectivity index (χ4n) is 2.32. The van der Waals surface area contributed by atoms with Crippen LogP contribution in [0.4, 0.5) is 0 Å². The molecular formula is C23H32O7SSi. The van der Waals surface area contributed by atoms with Crippen molar-refractivity contribution >= 4 is 24.1 Å². The molecule has 32 heavy (non-hydrogen) atoms. The number of carbonyl (C=O) groups excluding carboxylic acids is 1. The zero-order valence-electron chi connectivity index (χ0n) is 19.7. The van der Waals surface area contributed by atoms with E-state index < -0.39 is 30.2 Å². The van der Waals surface area contributed by atoms with Crippen molar-refractivity contribution in [3.63, 3.8) is 0 Å². The van der Waals surface area contributed by atoms with Gasteiger partial charge in [0.25, 0.3) is 0 Å². The fraction of sp³-hybridized carbons (Fsp3) is 0.435. The van der Waals surface area contributed by atoms with E-state index in [0.29, 0.717) is 18.1 Å². The normalized spacial score (nSPS) is 13.5. The lowest BCUT2D eigenvalue weighted by molar-refractivity contribution is -0.274. The monoisotopic (exact) mass is 480 g/mol. The molecule has 0 amide bonds. The minimum atomic E-state index is -3.28. The van der Waals surface area contributed by atoms with E-state index in [1.165, 1.54) is 18.2 Å². The van der Waals surface area contributed by atoms with E-state index in [0.717, 1.165) is 6.26 Å². The summed E-state index contributed by atoms with van der Waals surface area (Å²) in [7, 11) is -5.20. The lowest BCUT2D eigenvalue weighted by atomic mass is 10.2. The van der Waals surface area contributed by atoms with Gasteiger partial charge in [-0.1, -0.05) is 26.8 Å². The predicted molar refractivity (Wildman–Crippen MR) is 125 cm³/mol. The number of ether oxygens (including phenoxy) is 1. The van der Waals surface area contributed by atoms with Crippen molar-refractivity contribution in [3.8, 4) is 11.5 Å². The highest BCUT2D eigenvalue weighted by molar-refractivity contribution is 7.90. The topological polar surface area (TPSA) is 88.1 Å². The van der Waals surface area contributed by atoms with Gasteiger partial charge in [-0.05, 0) is 67.5 Å².